The van der Waals surface area contributed by atoms with Crippen molar-refractivity contribution in [2.24, 2.45) is 5.41 Å². The highest BCUT2D eigenvalue weighted by Crippen LogP contribution is 2.45. The standard InChI is InChI=1S/2C19H18F3IN2O3/c1-10-6-11(23)2-3-14(10)24-17-12(7-13(20)15(21)16(17)22)18(27)25-28-9-19(8-26)4-5-19;1-10-8-11(23)2-3-14(10)24-17-12(9-13(20)15(21)16(17)22)18(26)25-28-7-6-19(27)4-5-19/h2-3,6-7,24,26H,4-5,8-9H2,1H3,(H,25,27);2-3,8-9,24,27H,4-7H2,1H3,(H,25,26). The number of hydroxylamine groups is 2. The summed E-state index contributed by atoms with van der Waals surface area (Å²) < 4.78 is 85.7. The summed E-state index contributed by atoms with van der Waals surface area (Å²) in [5.41, 5.74) is 3.52. The quantitative estimate of drug-likeness (QED) is 0.0243. The van der Waals surface area contributed by atoms with Gasteiger partial charge >= 0.3 is 0 Å². The number of carbonyl (C=O) groups is 2. The average Bonchev–Trinajstić information content (AvgIpc) is 4.10. The zero-order valence-electron chi connectivity index (χ0n) is 29.8. The monoisotopic (exact) mass is 1010 g/mol. The fourth-order valence-electron chi connectivity index (χ4n) is 5.24. The van der Waals surface area contributed by atoms with E-state index in [-0.39, 0.29) is 25.2 Å². The molecule has 10 nitrogen and oxygen atoms in total. The first-order valence-corrected chi connectivity index (χ1v) is 19.2. The van der Waals surface area contributed by atoms with Gasteiger partial charge in [0.15, 0.2) is 34.9 Å². The van der Waals surface area contributed by atoms with E-state index in [2.05, 4.69) is 66.8 Å². The van der Waals surface area contributed by atoms with E-state index in [9.17, 15) is 46.1 Å². The molecule has 2 fully saturated rings. The molecule has 300 valence electrons. The van der Waals surface area contributed by atoms with Gasteiger partial charge in [-0.05, 0) is 144 Å². The summed E-state index contributed by atoms with van der Waals surface area (Å²) in [5.74, 6) is -11.2. The number of aliphatic hydroxyl groups is 2. The van der Waals surface area contributed by atoms with Crippen LogP contribution in [-0.4, -0.2) is 47.4 Å². The first-order chi connectivity index (χ1) is 26.5. The molecule has 6 N–H and O–H groups in total. The molecular weight excluding hydrogens is 976 g/mol. The molecule has 2 aliphatic carbocycles. The zero-order valence-corrected chi connectivity index (χ0v) is 34.1. The highest BCUT2D eigenvalue weighted by atomic mass is 127. The maximum Gasteiger partial charge on any atom is 0.277 e. The van der Waals surface area contributed by atoms with Gasteiger partial charge in [0, 0.05) is 30.4 Å². The summed E-state index contributed by atoms with van der Waals surface area (Å²) in [4.78, 5) is 34.9. The Labute approximate surface area is 344 Å². The van der Waals surface area contributed by atoms with Crippen LogP contribution in [0.4, 0.5) is 49.1 Å². The summed E-state index contributed by atoms with van der Waals surface area (Å²) in [6.45, 7) is 3.54. The third-order valence-electron chi connectivity index (χ3n) is 9.21. The fraction of sp³-hybridized carbons (Fsp3) is 0.316. The van der Waals surface area contributed by atoms with Crippen molar-refractivity contribution in [3.05, 3.63) is 113 Å². The highest BCUT2D eigenvalue weighted by Gasteiger charge is 2.43. The van der Waals surface area contributed by atoms with Crippen molar-refractivity contribution in [1.82, 2.24) is 11.0 Å². The number of aryl methyl sites for hydroxylation is 2. The Hall–Kier alpha value is -3.70. The largest absolute Gasteiger partial charge is 0.396 e. The second-order valence-electron chi connectivity index (χ2n) is 13.6. The number of anilines is 4. The predicted molar refractivity (Wildman–Crippen MR) is 211 cm³/mol. The van der Waals surface area contributed by atoms with E-state index >= 15 is 0 Å². The van der Waals surface area contributed by atoms with Gasteiger partial charge in [0.1, 0.15) is 0 Å². The number of rotatable bonds is 14. The molecule has 2 amide bonds. The average molecular weight is 1010 g/mol. The topological polar surface area (TPSA) is 141 Å². The summed E-state index contributed by atoms with van der Waals surface area (Å²) in [7, 11) is 0. The molecule has 4 aromatic carbocycles. The van der Waals surface area contributed by atoms with Gasteiger partial charge in [-0.3, -0.25) is 19.3 Å². The van der Waals surface area contributed by atoms with Gasteiger partial charge in [0.2, 0.25) is 0 Å². The molecule has 18 heteroatoms. The van der Waals surface area contributed by atoms with E-state index < -0.39 is 74.8 Å². The minimum absolute atomic E-state index is 0.0351. The number of nitrogens with one attached hydrogen (secondary N) is 4. The lowest BCUT2D eigenvalue weighted by Crippen LogP contribution is -2.29. The van der Waals surface area contributed by atoms with Gasteiger partial charge in [0.25, 0.3) is 11.8 Å². The molecule has 0 atom stereocenters. The molecule has 4 aromatic rings. The number of carbonyl (C=O) groups excluding carboxylic acids is 2. The van der Waals surface area contributed by atoms with E-state index in [1.807, 2.05) is 12.1 Å². The van der Waals surface area contributed by atoms with Crippen LogP contribution >= 0.6 is 45.2 Å². The Balaban J connectivity index is 0.000000214. The maximum atomic E-state index is 14.4. The van der Waals surface area contributed by atoms with E-state index in [0.717, 1.165) is 31.1 Å². The maximum absolute atomic E-state index is 14.4. The highest BCUT2D eigenvalue weighted by molar-refractivity contribution is 14.1. The van der Waals surface area contributed by atoms with Crippen LogP contribution in [0.1, 0.15) is 63.9 Å². The smallest absolute Gasteiger partial charge is 0.277 e. The van der Waals surface area contributed by atoms with E-state index in [1.54, 1.807) is 38.1 Å². The molecule has 0 heterocycles. The fourth-order valence-corrected chi connectivity index (χ4v) is 6.53. The lowest BCUT2D eigenvalue weighted by molar-refractivity contribution is -0.0000645. The first-order valence-electron chi connectivity index (χ1n) is 17.1. The van der Waals surface area contributed by atoms with Crippen LogP contribution in [-0.2, 0) is 9.68 Å². The van der Waals surface area contributed by atoms with Crippen molar-refractivity contribution in [1.29, 1.82) is 0 Å². The molecule has 0 aromatic heterocycles. The number of aliphatic hydroxyl groups excluding tert-OH is 1. The molecule has 0 aliphatic heterocycles. The Morgan fingerprint density at radius 2 is 1.14 bits per heavy atom. The Kier molecular flexibility index (Phi) is 14.2. The molecule has 2 saturated carbocycles. The molecule has 56 heavy (non-hydrogen) atoms. The second kappa shape index (κ2) is 18.3. The molecule has 0 radical (unpaired) electrons. The van der Waals surface area contributed by atoms with Gasteiger partial charge < -0.3 is 20.8 Å². The van der Waals surface area contributed by atoms with Gasteiger partial charge in [-0.1, -0.05) is 0 Å². The van der Waals surface area contributed by atoms with Crippen LogP contribution in [0, 0.1) is 61.3 Å². The van der Waals surface area contributed by atoms with Gasteiger partial charge in [-0.2, -0.15) is 0 Å². The van der Waals surface area contributed by atoms with Gasteiger partial charge in [0.05, 0.1) is 47.9 Å². The molecule has 6 rings (SSSR count). The molecule has 0 bridgehead atoms. The molecular formula is C38H36F6I2N4O6. The predicted octanol–water partition coefficient (Wildman–Crippen LogP) is 8.53. The SMILES string of the molecule is Cc1cc(I)ccc1Nc1c(C(=O)NOCC2(CO)CC2)cc(F)c(F)c1F.Cc1cc(I)ccc1Nc1c(C(=O)NOCCC2(O)CC2)cc(F)c(F)c1F. The molecule has 2 aliphatic rings. The third-order valence-corrected chi connectivity index (χ3v) is 10.5. The number of hydrogen-bond acceptors (Lipinski definition) is 8. The zero-order chi connectivity index (χ0) is 40.9. The van der Waals surface area contributed by atoms with Crippen LogP contribution < -0.4 is 21.6 Å². The van der Waals surface area contributed by atoms with Crippen molar-refractivity contribution >= 4 is 79.7 Å². The van der Waals surface area contributed by atoms with Crippen LogP contribution in [0.3, 0.4) is 0 Å². The number of amides is 2. The Morgan fingerprint density at radius 1 is 0.696 bits per heavy atom. The summed E-state index contributed by atoms with van der Waals surface area (Å²) in [6, 6.07) is 11.6. The van der Waals surface area contributed by atoms with Crippen molar-refractivity contribution in [2.45, 2.75) is 51.6 Å². The number of hydrogen-bond donors (Lipinski definition) is 6. The number of halogens is 8. The second-order valence-corrected chi connectivity index (χ2v) is 16.1. The Bertz CT molecular complexity index is 2140. The molecule has 0 unspecified atom stereocenters. The van der Waals surface area contributed by atoms with Crippen LogP contribution in [0.25, 0.3) is 0 Å². The summed E-state index contributed by atoms with van der Waals surface area (Å²) in [5, 5.41) is 24.3. The molecule has 0 spiro atoms. The number of benzene rings is 4. The van der Waals surface area contributed by atoms with Crippen molar-refractivity contribution in [2.75, 3.05) is 30.5 Å². The first kappa shape index (κ1) is 43.4. The lowest BCUT2D eigenvalue weighted by atomic mass is 10.1. The van der Waals surface area contributed by atoms with Crippen LogP contribution in [0.2, 0.25) is 0 Å². The lowest BCUT2D eigenvalue weighted by Gasteiger charge is -2.17. The van der Waals surface area contributed by atoms with E-state index in [0.29, 0.717) is 42.8 Å². The van der Waals surface area contributed by atoms with E-state index in [1.165, 1.54) is 0 Å². The van der Waals surface area contributed by atoms with Gasteiger partial charge in [-0.15, -0.1) is 0 Å². The minimum atomic E-state index is -1.68. The third kappa shape index (κ3) is 10.8. The van der Waals surface area contributed by atoms with Crippen molar-refractivity contribution < 1.29 is 55.8 Å². The summed E-state index contributed by atoms with van der Waals surface area (Å²) >= 11 is 4.21. The summed E-state index contributed by atoms with van der Waals surface area (Å²) in [6.07, 6.45) is 3.19. The van der Waals surface area contributed by atoms with Gasteiger partial charge in [-0.25, -0.2) is 37.3 Å². The van der Waals surface area contributed by atoms with Crippen LogP contribution in [0.5, 0.6) is 0 Å². The normalized spacial score (nSPS) is 14.6. The van der Waals surface area contributed by atoms with Crippen molar-refractivity contribution in [3.8, 4) is 0 Å². The Morgan fingerprint density at radius 3 is 1.54 bits per heavy atom. The van der Waals surface area contributed by atoms with E-state index in [4.69, 9.17) is 9.68 Å². The minimum Gasteiger partial charge on any atom is -0.396 e. The van der Waals surface area contributed by atoms with Crippen LogP contribution in [0.15, 0.2) is 48.5 Å². The molecule has 0 saturated heterocycles. The van der Waals surface area contributed by atoms with Crippen molar-refractivity contribution in [3.63, 3.8) is 0 Å².